The molecule has 0 fully saturated rings. The summed E-state index contributed by atoms with van der Waals surface area (Å²) in [6.07, 6.45) is 10.1. The number of aromatic nitrogens is 3. The molecule has 0 N–H and O–H groups in total. The number of hydrogen-bond donors (Lipinski definition) is 0. The van der Waals surface area contributed by atoms with Crippen LogP contribution in [-0.4, -0.2) is 69.9 Å². The molecule has 1 atom stereocenters. The summed E-state index contributed by atoms with van der Waals surface area (Å²) in [5, 5.41) is 0.369. The fraction of sp³-hybridized carbons (Fsp3) is 0.219. The lowest BCUT2D eigenvalue weighted by molar-refractivity contribution is -0.143. The Kier molecular flexibility index (Phi) is 10.7. The number of nitrogens with zero attached hydrogens (tertiary/aromatic N) is 5. The number of halogens is 1. The lowest BCUT2D eigenvalue weighted by Gasteiger charge is -2.33. The lowest BCUT2D eigenvalue weighted by Crippen LogP contribution is -2.51. The summed E-state index contributed by atoms with van der Waals surface area (Å²) >= 11 is 5.92. The molecule has 4 aromatic rings. The number of rotatable bonds is 12. The number of benzene rings is 2. The number of ether oxygens (including phenoxy) is 1. The molecule has 0 bridgehead atoms. The number of methoxy groups -OCH3 is 1. The average Bonchev–Trinajstić information content (AvgIpc) is 3.02. The fourth-order valence-corrected chi connectivity index (χ4v) is 4.41. The summed E-state index contributed by atoms with van der Waals surface area (Å²) in [5.41, 5.74) is 4.40. The van der Waals surface area contributed by atoms with Gasteiger partial charge in [-0.05, 0) is 34.4 Å². The number of likely N-dealkylation sites (N-methyl/N-ethyl adjacent to an activating group) is 1. The van der Waals surface area contributed by atoms with E-state index in [0.29, 0.717) is 24.7 Å². The molecular formula is C32H32ClN5O3. The second-order valence-corrected chi connectivity index (χ2v) is 9.88. The van der Waals surface area contributed by atoms with Crippen LogP contribution < -0.4 is 0 Å². The molecule has 2 heterocycles. The van der Waals surface area contributed by atoms with Gasteiger partial charge in [-0.1, -0.05) is 72.3 Å². The monoisotopic (exact) mass is 569 g/mol. The Bertz CT molecular complexity index is 1430. The minimum atomic E-state index is -0.748. The third-order valence-corrected chi connectivity index (χ3v) is 6.82. The quantitative estimate of drug-likeness (QED) is 0.177. The van der Waals surface area contributed by atoms with E-state index in [9.17, 15) is 9.59 Å². The van der Waals surface area contributed by atoms with Crippen LogP contribution >= 0.6 is 11.6 Å². The highest BCUT2D eigenvalue weighted by Gasteiger charge is 2.31. The smallest absolute Gasteiger partial charge is 0.247 e. The summed E-state index contributed by atoms with van der Waals surface area (Å²) in [5.74, 6) is -0.464. The molecule has 0 radical (unpaired) electrons. The number of carbonyl (C=O) groups excluding carboxylic acids is 2. The molecule has 4 rings (SSSR count). The predicted octanol–water partition coefficient (Wildman–Crippen LogP) is 4.95. The summed E-state index contributed by atoms with van der Waals surface area (Å²) in [6, 6.07) is 20.2. The highest BCUT2D eigenvalue weighted by Crippen LogP contribution is 2.21. The SMILES string of the molecule is COCCN(C)C(=O)C(Cc1ccccc1)N(Cc1ccc(-c2cncnc2)cc1)C(=O)C=Cc1ccc(Cl)nc1. The first-order chi connectivity index (χ1) is 19.9. The van der Waals surface area contributed by atoms with Gasteiger partial charge in [-0.2, -0.15) is 0 Å². The Morgan fingerprint density at radius 2 is 1.66 bits per heavy atom. The highest BCUT2D eigenvalue weighted by atomic mass is 35.5. The van der Waals surface area contributed by atoms with Crippen LogP contribution in [0.15, 0.2) is 97.7 Å². The van der Waals surface area contributed by atoms with Crippen molar-refractivity contribution >= 4 is 29.5 Å². The van der Waals surface area contributed by atoms with Crippen LogP contribution in [0.25, 0.3) is 17.2 Å². The molecule has 0 saturated carbocycles. The molecule has 2 aromatic heterocycles. The van der Waals surface area contributed by atoms with Crippen molar-refractivity contribution in [2.75, 3.05) is 27.3 Å². The zero-order valence-corrected chi connectivity index (χ0v) is 23.8. The van der Waals surface area contributed by atoms with Gasteiger partial charge >= 0.3 is 0 Å². The first-order valence-electron chi connectivity index (χ1n) is 13.2. The molecule has 0 saturated heterocycles. The summed E-state index contributed by atoms with van der Waals surface area (Å²) < 4.78 is 5.20. The maximum Gasteiger partial charge on any atom is 0.247 e. The second kappa shape index (κ2) is 14.8. The topological polar surface area (TPSA) is 88.5 Å². The largest absolute Gasteiger partial charge is 0.383 e. The van der Waals surface area contributed by atoms with E-state index in [1.165, 1.54) is 12.4 Å². The number of carbonyl (C=O) groups is 2. The van der Waals surface area contributed by atoms with Crippen molar-refractivity contribution in [3.05, 3.63) is 120 Å². The van der Waals surface area contributed by atoms with Gasteiger partial charge in [0.25, 0.3) is 0 Å². The molecule has 8 nitrogen and oxygen atoms in total. The first kappa shape index (κ1) is 29.6. The number of pyridine rings is 1. The Morgan fingerprint density at radius 1 is 0.927 bits per heavy atom. The second-order valence-electron chi connectivity index (χ2n) is 9.50. The van der Waals surface area contributed by atoms with Crippen LogP contribution in [0.3, 0.4) is 0 Å². The van der Waals surface area contributed by atoms with Crippen LogP contribution in [0.4, 0.5) is 0 Å². The van der Waals surface area contributed by atoms with Crippen LogP contribution in [0, 0.1) is 0 Å². The molecule has 0 aliphatic carbocycles. The molecule has 0 aliphatic heterocycles. The molecule has 0 aliphatic rings. The molecule has 210 valence electrons. The molecule has 41 heavy (non-hydrogen) atoms. The van der Waals surface area contributed by atoms with E-state index in [1.54, 1.807) is 60.8 Å². The van der Waals surface area contributed by atoms with Crippen LogP contribution in [0.2, 0.25) is 5.15 Å². The van der Waals surface area contributed by atoms with Gasteiger partial charge < -0.3 is 14.5 Å². The molecular weight excluding hydrogens is 538 g/mol. The zero-order chi connectivity index (χ0) is 29.0. The van der Waals surface area contributed by atoms with Gasteiger partial charge in [0.15, 0.2) is 0 Å². The molecule has 2 amide bonds. The van der Waals surface area contributed by atoms with Crippen molar-refractivity contribution in [3.63, 3.8) is 0 Å². The van der Waals surface area contributed by atoms with Crippen molar-refractivity contribution in [2.45, 2.75) is 19.0 Å². The Hall–Kier alpha value is -4.40. The van der Waals surface area contributed by atoms with Gasteiger partial charge in [-0.15, -0.1) is 0 Å². The van der Waals surface area contributed by atoms with Crippen molar-refractivity contribution in [2.24, 2.45) is 0 Å². The van der Waals surface area contributed by atoms with Crippen molar-refractivity contribution in [1.82, 2.24) is 24.8 Å². The number of hydrogen-bond acceptors (Lipinski definition) is 6. The van der Waals surface area contributed by atoms with Gasteiger partial charge in [0.05, 0.1) is 6.61 Å². The molecule has 2 aromatic carbocycles. The van der Waals surface area contributed by atoms with Crippen LogP contribution in [-0.2, 0) is 27.3 Å². The Labute approximate surface area is 245 Å². The van der Waals surface area contributed by atoms with E-state index >= 15 is 0 Å². The van der Waals surface area contributed by atoms with Crippen molar-refractivity contribution in [1.29, 1.82) is 0 Å². The Balaban J connectivity index is 1.68. The third kappa shape index (κ3) is 8.54. The minimum absolute atomic E-state index is 0.168. The van der Waals surface area contributed by atoms with Gasteiger partial charge in [0.2, 0.25) is 11.8 Å². The average molecular weight is 570 g/mol. The zero-order valence-electron chi connectivity index (χ0n) is 23.1. The van der Waals surface area contributed by atoms with Gasteiger partial charge in [-0.25, -0.2) is 15.0 Å². The lowest BCUT2D eigenvalue weighted by atomic mass is 10.0. The first-order valence-corrected chi connectivity index (χ1v) is 13.5. The maximum absolute atomic E-state index is 13.9. The van der Waals surface area contributed by atoms with E-state index in [-0.39, 0.29) is 18.4 Å². The van der Waals surface area contributed by atoms with E-state index in [2.05, 4.69) is 15.0 Å². The molecule has 1 unspecified atom stereocenters. The summed E-state index contributed by atoms with van der Waals surface area (Å²) in [7, 11) is 3.32. The fourth-order valence-electron chi connectivity index (χ4n) is 4.30. The molecule has 0 spiro atoms. The normalized spacial score (nSPS) is 11.8. The third-order valence-electron chi connectivity index (χ3n) is 6.59. The number of amides is 2. The predicted molar refractivity (Wildman–Crippen MR) is 160 cm³/mol. The van der Waals surface area contributed by atoms with E-state index in [0.717, 1.165) is 27.8 Å². The van der Waals surface area contributed by atoms with Crippen LogP contribution in [0.1, 0.15) is 16.7 Å². The highest BCUT2D eigenvalue weighted by molar-refractivity contribution is 6.29. The van der Waals surface area contributed by atoms with Crippen molar-refractivity contribution in [3.8, 4) is 11.1 Å². The van der Waals surface area contributed by atoms with Crippen molar-refractivity contribution < 1.29 is 14.3 Å². The van der Waals surface area contributed by atoms with Gasteiger partial charge in [-0.3, -0.25) is 9.59 Å². The summed E-state index contributed by atoms with van der Waals surface area (Å²) in [6.45, 7) is 1.03. The Morgan fingerprint density at radius 3 is 2.32 bits per heavy atom. The maximum atomic E-state index is 13.9. The van der Waals surface area contributed by atoms with Gasteiger partial charge in [0.1, 0.15) is 17.5 Å². The van der Waals surface area contributed by atoms with E-state index in [4.69, 9.17) is 16.3 Å². The molecule has 9 heteroatoms. The van der Waals surface area contributed by atoms with Crippen LogP contribution in [0.5, 0.6) is 0 Å². The minimum Gasteiger partial charge on any atom is -0.383 e. The summed E-state index contributed by atoms with van der Waals surface area (Å²) in [4.78, 5) is 43.2. The standard InChI is InChI=1S/C32H32ClN5O3/c1-37(16-17-41-2)32(40)29(18-24-6-4-3-5-7-24)38(31(39)15-11-25-10-14-30(33)36-19-25)22-26-8-12-27(13-9-26)28-20-34-23-35-21-28/h3-15,19-21,23,29H,16-18,22H2,1-2H3. The van der Waals surface area contributed by atoms with Gasteiger partial charge in [0, 0.05) is 63.9 Å². The van der Waals surface area contributed by atoms with E-state index < -0.39 is 6.04 Å². The van der Waals surface area contributed by atoms with E-state index in [1.807, 2.05) is 54.6 Å².